The standard InChI is InChI=1S/C19H20N4OS/c1-3-23-18(15-7-5-4-6-8-15)21-22-19(23)25-13-17(24)20-16-11-9-14(2)10-12-16/h4-12H,3,13H2,1-2H3,(H,20,24). The molecule has 3 rings (SSSR count). The third kappa shape index (κ3) is 4.28. The van der Waals surface area contributed by atoms with E-state index < -0.39 is 0 Å². The summed E-state index contributed by atoms with van der Waals surface area (Å²) in [4.78, 5) is 12.2. The summed E-state index contributed by atoms with van der Waals surface area (Å²) in [5.74, 6) is 1.06. The smallest absolute Gasteiger partial charge is 0.234 e. The maximum atomic E-state index is 12.2. The molecule has 0 fully saturated rings. The summed E-state index contributed by atoms with van der Waals surface area (Å²) in [6.07, 6.45) is 0. The molecular formula is C19H20N4OS. The van der Waals surface area contributed by atoms with Gasteiger partial charge in [0.15, 0.2) is 11.0 Å². The van der Waals surface area contributed by atoms with E-state index in [1.165, 1.54) is 11.8 Å². The fourth-order valence-corrected chi connectivity index (χ4v) is 3.25. The van der Waals surface area contributed by atoms with Gasteiger partial charge >= 0.3 is 0 Å². The number of carbonyl (C=O) groups excluding carboxylic acids is 1. The van der Waals surface area contributed by atoms with E-state index in [-0.39, 0.29) is 5.91 Å². The second-order valence-electron chi connectivity index (χ2n) is 5.62. The lowest BCUT2D eigenvalue weighted by atomic mass is 10.2. The van der Waals surface area contributed by atoms with Gasteiger partial charge in [-0.25, -0.2) is 0 Å². The van der Waals surface area contributed by atoms with Gasteiger partial charge in [0.1, 0.15) is 0 Å². The fourth-order valence-electron chi connectivity index (χ4n) is 2.45. The molecule has 0 saturated heterocycles. The Hall–Kier alpha value is -2.60. The van der Waals surface area contributed by atoms with Crippen LogP contribution in [0.15, 0.2) is 59.8 Å². The molecule has 0 atom stereocenters. The highest BCUT2D eigenvalue weighted by Crippen LogP contribution is 2.23. The van der Waals surface area contributed by atoms with Crippen molar-refractivity contribution in [1.29, 1.82) is 0 Å². The largest absolute Gasteiger partial charge is 0.325 e. The van der Waals surface area contributed by atoms with Gasteiger partial charge in [-0.2, -0.15) is 0 Å². The van der Waals surface area contributed by atoms with E-state index in [0.717, 1.165) is 34.3 Å². The van der Waals surface area contributed by atoms with Crippen molar-refractivity contribution in [3.8, 4) is 11.4 Å². The first-order valence-electron chi connectivity index (χ1n) is 8.15. The van der Waals surface area contributed by atoms with Crippen LogP contribution in [0.5, 0.6) is 0 Å². The van der Waals surface area contributed by atoms with Crippen LogP contribution in [0.25, 0.3) is 11.4 Å². The Kier molecular flexibility index (Phi) is 5.50. The number of nitrogens with one attached hydrogen (secondary N) is 1. The number of benzene rings is 2. The molecular weight excluding hydrogens is 332 g/mol. The van der Waals surface area contributed by atoms with E-state index >= 15 is 0 Å². The second kappa shape index (κ2) is 7.98. The lowest BCUT2D eigenvalue weighted by Crippen LogP contribution is -2.14. The minimum Gasteiger partial charge on any atom is -0.325 e. The lowest BCUT2D eigenvalue weighted by molar-refractivity contribution is -0.113. The number of aromatic nitrogens is 3. The van der Waals surface area contributed by atoms with Crippen LogP contribution in [0, 0.1) is 6.92 Å². The van der Waals surface area contributed by atoms with Crippen molar-refractivity contribution < 1.29 is 4.79 Å². The van der Waals surface area contributed by atoms with Gasteiger partial charge in [0.25, 0.3) is 0 Å². The van der Waals surface area contributed by atoms with Crippen LogP contribution in [-0.4, -0.2) is 26.4 Å². The van der Waals surface area contributed by atoms with Crippen LogP contribution < -0.4 is 5.32 Å². The fraction of sp³-hybridized carbons (Fsp3) is 0.211. The number of hydrogen-bond donors (Lipinski definition) is 1. The van der Waals surface area contributed by atoms with Gasteiger partial charge in [0.05, 0.1) is 5.75 Å². The zero-order valence-electron chi connectivity index (χ0n) is 14.3. The molecule has 2 aromatic carbocycles. The van der Waals surface area contributed by atoms with E-state index in [0.29, 0.717) is 5.75 Å². The molecule has 0 radical (unpaired) electrons. The molecule has 0 saturated carbocycles. The van der Waals surface area contributed by atoms with Crippen molar-refractivity contribution in [2.75, 3.05) is 11.1 Å². The second-order valence-corrected chi connectivity index (χ2v) is 6.56. The number of rotatable bonds is 6. The molecule has 0 spiro atoms. The zero-order chi connectivity index (χ0) is 17.6. The van der Waals surface area contributed by atoms with Crippen molar-refractivity contribution in [3.63, 3.8) is 0 Å². The Balaban J connectivity index is 1.66. The maximum absolute atomic E-state index is 12.2. The van der Waals surface area contributed by atoms with Gasteiger partial charge in [-0.05, 0) is 26.0 Å². The van der Waals surface area contributed by atoms with Crippen LogP contribution >= 0.6 is 11.8 Å². The third-order valence-corrected chi connectivity index (χ3v) is 4.70. The number of anilines is 1. The van der Waals surface area contributed by atoms with E-state index in [1.807, 2.05) is 73.0 Å². The van der Waals surface area contributed by atoms with Crippen LogP contribution in [0.1, 0.15) is 12.5 Å². The average molecular weight is 352 g/mol. The molecule has 0 bridgehead atoms. The Labute approximate surface area is 151 Å². The highest BCUT2D eigenvalue weighted by molar-refractivity contribution is 7.99. The lowest BCUT2D eigenvalue weighted by Gasteiger charge is -2.08. The van der Waals surface area contributed by atoms with Crippen LogP contribution in [-0.2, 0) is 11.3 Å². The first-order valence-corrected chi connectivity index (χ1v) is 9.14. The Morgan fingerprint density at radius 2 is 1.80 bits per heavy atom. The average Bonchev–Trinajstić information content (AvgIpc) is 3.05. The van der Waals surface area contributed by atoms with E-state index in [2.05, 4.69) is 15.5 Å². The Bertz CT molecular complexity index is 844. The normalized spacial score (nSPS) is 10.6. The highest BCUT2D eigenvalue weighted by Gasteiger charge is 2.14. The SMILES string of the molecule is CCn1c(SCC(=O)Nc2ccc(C)cc2)nnc1-c1ccccc1. The number of hydrogen-bond acceptors (Lipinski definition) is 4. The summed E-state index contributed by atoms with van der Waals surface area (Å²) in [6.45, 7) is 4.81. The highest BCUT2D eigenvalue weighted by atomic mass is 32.2. The minimum absolute atomic E-state index is 0.0548. The predicted octanol–water partition coefficient (Wildman–Crippen LogP) is 4.00. The van der Waals surface area contributed by atoms with Gasteiger partial charge in [0, 0.05) is 17.8 Å². The monoisotopic (exact) mass is 352 g/mol. The van der Waals surface area contributed by atoms with Crippen molar-refractivity contribution in [2.45, 2.75) is 25.5 Å². The summed E-state index contributed by atoms with van der Waals surface area (Å²) >= 11 is 1.39. The third-order valence-electron chi connectivity index (χ3n) is 3.73. The number of amides is 1. The van der Waals surface area contributed by atoms with Crippen LogP contribution in [0.3, 0.4) is 0 Å². The molecule has 3 aromatic rings. The zero-order valence-corrected chi connectivity index (χ0v) is 15.1. The number of thioether (sulfide) groups is 1. The molecule has 0 aliphatic rings. The summed E-state index contributed by atoms with van der Waals surface area (Å²) in [6, 6.07) is 17.7. The molecule has 1 heterocycles. The summed E-state index contributed by atoms with van der Waals surface area (Å²) in [5, 5.41) is 12.2. The predicted molar refractivity (Wildman–Crippen MR) is 102 cm³/mol. The van der Waals surface area contributed by atoms with Crippen molar-refractivity contribution in [2.24, 2.45) is 0 Å². The molecule has 25 heavy (non-hydrogen) atoms. The molecule has 6 heteroatoms. The van der Waals surface area contributed by atoms with E-state index in [4.69, 9.17) is 0 Å². The van der Waals surface area contributed by atoms with E-state index in [9.17, 15) is 4.79 Å². The summed E-state index contributed by atoms with van der Waals surface area (Å²) in [7, 11) is 0. The van der Waals surface area contributed by atoms with Gasteiger partial charge in [-0.1, -0.05) is 59.8 Å². The molecule has 0 aliphatic heterocycles. The molecule has 1 aromatic heterocycles. The number of aryl methyl sites for hydroxylation is 1. The molecule has 1 amide bonds. The van der Waals surface area contributed by atoms with Gasteiger partial charge in [-0.15, -0.1) is 10.2 Å². The topological polar surface area (TPSA) is 59.8 Å². The van der Waals surface area contributed by atoms with Crippen LogP contribution in [0.4, 0.5) is 5.69 Å². The van der Waals surface area contributed by atoms with Gasteiger partial charge < -0.3 is 9.88 Å². The minimum atomic E-state index is -0.0548. The first-order chi connectivity index (χ1) is 12.2. The summed E-state index contributed by atoms with van der Waals surface area (Å²) < 4.78 is 2.03. The van der Waals surface area contributed by atoms with Gasteiger partial charge in [0.2, 0.25) is 5.91 Å². The molecule has 128 valence electrons. The maximum Gasteiger partial charge on any atom is 0.234 e. The Morgan fingerprint density at radius 1 is 1.08 bits per heavy atom. The summed E-state index contributed by atoms with van der Waals surface area (Å²) in [5.41, 5.74) is 2.99. The first kappa shape index (κ1) is 17.2. The van der Waals surface area contributed by atoms with E-state index in [1.54, 1.807) is 0 Å². The molecule has 5 nitrogen and oxygen atoms in total. The molecule has 1 N–H and O–H groups in total. The van der Waals surface area contributed by atoms with Crippen molar-refractivity contribution in [3.05, 3.63) is 60.2 Å². The van der Waals surface area contributed by atoms with Gasteiger partial charge in [-0.3, -0.25) is 4.79 Å². The number of carbonyl (C=O) groups is 1. The van der Waals surface area contributed by atoms with Crippen molar-refractivity contribution >= 4 is 23.4 Å². The molecule has 0 aliphatic carbocycles. The quantitative estimate of drug-likeness (QED) is 0.681. The number of nitrogens with zero attached hydrogens (tertiary/aromatic N) is 3. The van der Waals surface area contributed by atoms with Crippen molar-refractivity contribution in [1.82, 2.24) is 14.8 Å². The van der Waals surface area contributed by atoms with Crippen LogP contribution in [0.2, 0.25) is 0 Å². The Morgan fingerprint density at radius 3 is 2.48 bits per heavy atom. The molecule has 0 unspecified atom stereocenters.